The van der Waals surface area contributed by atoms with Gasteiger partial charge >= 0.3 is 0 Å². The lowest BCUT2D eigenvalue weighted by molar-refractivity contribution is 0.102. The van der Waals surface area contributed by atoms with Crippen molar-refractivity contribution in [1.82, 2.24) is 4.31 Å². The standard InChI is InChI=1S/C20H24N2O5S/c1-3-22(4-2)28(24,25)17-8-5-7-15(13-17)20(23)21-16-9-10-18-19(14-16)27-12-6-11-26-18/h5,7-10,13-14H,3-4,6,11-12H2,1-2H3,(H,21,23). The van der Waals surface area contributed by atoms with Crippen LogP contribution in [0, 0.1) is 0 Å². The van der Waals surface area contributed by atoms with Gasteiger partial charge in [0.2, 0.25) is 10.0 Å². The van der Waals surface area contributed by atoms with Gasteiger partial charge in [-0.3, -0.25) is 4.79 Å². The van der Waals surface area contributed by atoms with Crippen LogP contribution < -0.4 is 14.8 Å². The Labute approximate surface area is 165 Å². The van der Waals surface area contributed by atoms with E-state index in [9.17, 15) is 13.2 Å². The maximum absolute atomic E-state index is 12.7. The summed E-state index contributed by atoms with van der Waals surface area (Å²) in [5.41, 5.74) is 0.812. The predicted molar refractivity (Wildman–Crippen MR) is 107 cm³/mol. The number of ether oxygens (including phenoxy) is 2. The normalized spacial score (nSPS) is 13.8. The number of anilines is 1. The van der Waals surface area contributed by atoms with Gasteiger partial charge in [0.15, 0.2) is 11.5 Å². The number of nitrogens with zero attached hydrogens (tertiary/aromatic N) is 1. The van der Waals surface area contributed by atoms with Gasteiger partial charge in [-0.2, -0.15) is 4.31 Å². The van der Waals surface area contributed by atoms with Crippen molar-refractivity contribution in [3.05, 3.63) is 48.0 Å². The van der Waals surface area contributed by atoms with Crippen molar-refractivity contribution < 1.29 is 22.7 Å². The molecule has 0 saturated heterocycles. The van der Waals surface area contributed by atoms with Gasteiger partial charge in [0.05, 0.1) is 18.1 Å². The molecule has 2 aromatic rings. The topological polar surface area (TPSA) is 84.9 Å². The summed E-state index contributed by atoms with van der Waals surface area (Å²) < 4.78 is 37.9. The number of amides is 1. The number of hydrogen-bond donors (Lipinski definition) is 1. The third-order valence-electron chi connectivity index (χ3n) is 4.44. The second kappa shape index (κ2) is 8.62. The molecule has 0 fully saturated rings. The van der Waals surface area contributed by atoms with Crippen molar-refractivity contribution in [2.45, 2.75) is 25.2 Å². The van der Waals surface area contributed by atoms with Crippen LogP contribution in [0.4, 0.5) is 5.69 Å². The summed E-state index contributed by atoms with van der Waals surface area (Å²) in [6, 6.07) is 11.2. The Morgan fingerprint density at radius 2 is 1.75 bits per heavy atom. The molecule has 1 amide bonds. The van der Waals surface area contributed by atoms with E-state index in [2.05, 4.69) is 5.32 Å². The van der Waals surface area contributed by atoms with Gasteiger partial charge in [-0.1, -0.05) is 19.9 Å². The van der Waals surface area contributed by atoms with Crippen molar-refractivity contribution >= 4 is 21.6 Å². The van der Waals surface area contributed by atoms with E-state index >= 15 is 0 Å². The molecule has 0 saturated carbocycles. The molecule has 0 bridgehead atoms. The van der Waals surface area contributed by atoms with Crippen LogP contribution in [-0.4, -0.2) is 44.9 Å². The van der Waals surface area contributed by atoms with Crippen LogP contribution in [0.5, 0.6) is 11.5 Å². The van der Waals surface area contributed by atoms with Crippen molar-refractivity contribution in [3.8, 4) is 11.5 Å². The van der Waals surface area contributed by atoms with Gasteiger partial charge in [0.25, 0.3) is 5.91 Å². The van der Waals surface area contributed by atoms with Crippen LogP contribution in [0.15, 0.2) is 47.4 Å². The number of rotatable bonds is 6. The number of nitrogens with one attached hydrogen (secondary N) is 1. The van der Waals surface area contributed by atoms with E-state index in [0.29, 0.717) is 43.5 Å². The Hall–Kier alpha value is -2.58. The first-order valence-corrected chi connectivity index (χ1v) is 10.7. The minimum Gasteiger partial charge on any atom is -0.490 e. The average Bonchev–Trinajstić information content (AvgIpc) is 2.94. The largest absolute Gasteiger partial charge is 0.490 e. The zero-order valence-corrected chi connectivity index (χ0v) is 16.8. The number of fused-ring (bicyclic) bond motifs is 1. The first-order chi connectivity index (χ1) is 13.5. The fourth-order valence-corrected chi connectivity index (χ4v) is 4.46. The zero-order chi connectivity index (χ0) is 20.1. The second-order valence-electron chi connectivity index (χ2n) is 6.28. The molecule has 0 atom stereocenters. The molecule has 1 N–H and O–H groups in total. The Bertz CT molecular complexity index is 955. The van der Waals surface area contributed by atoms with E-state index in [1.165, 1.54) is 16.4 Å². The monoisotopic (exact) mass is 404 g/mol. The Balaban J connectivity index is 1.81. The van der Waals surface area contributed by atoms with Crippen molar-refractivity contribution in [1.29, 1.82) is 0 Å². The van der Waals surface area contributed by atoms with Gasteiger partial charge in [-0.15, -0.1) is 0 Å². The number of sulfonamides is 1. The molecule has 0 radical (unpaired) electrons. The molecule has 8 heteroatoms. The molecule has 2 aromatic carbocycles. The summed E-state index contributed by atoms with van der Waals surface area (Å²) >= 11 is 0. The van der Waals surface area contributed by atoms with E-state index in [4.69, 9.17) is 9.47 Å². The number of carbonyl (C=O) groups is 1. The lowest BCUT2D eigenvalue weighted by Gasteiger charge is -2.18. The minimum absolute atomic E-state index is 0.0995. The summed E-state index contributed by atoms with van der Waals surface area (Å²) in [5, 5.41) is 2.78. The predicted octanol–water partition coefficient (Wildman–Crippen LogP) is 3.13. The summed E-state index contributed by atoms with van der Waals surface area (Å²) in [6.45, 7) is 5.44. The van der Waals surface area contributed by atoms with E-state index in [1.807, 2.05) is 0 Å². The Morgan fingerprint density at radius 1 is 1.04 bits per heavy atom. The molecule has 28 heavy (non-hydrogen) atoms. The first-order valence-electron chi connectivity index (χ1n) is 9.27. The molecule has 0 spiro atoms. The molecule has 3 rings (SSSR count). The average molecular weight is 404 g/mol. The molecule has 150 valence electrons. The Kier molecular flexibility index (Phi) is 6.21. The van der Waals surface area contributed by atoms with E-state index in [-0.39, 0.29) is 10.5 Å². The molecule has 0 aliphatic carbocycles. The zero-order valence-electron chi connectivity index (χ0n) is 16.0. The molecule has 0 aromatic heterocycles. The van der Waals surface area contributed by atoms with Gasteiger partial charge < -0.3 is 14.8 Å². The number of benzene rings is 2. The van der Waals surface area contributed by atoms with Crippen LogP contribution in [0.25, 0.3) is 0 Å². The first kappa shape index (κ1) is 20.2. The van der Waals surface area contributed by atoms with E-state index in [0.717, 1.165) is 6.42 Å². The molecule has 0 unspecified atom stereocenters. The SMILES string of the molecule is CCN(CC)S(=O)(=O)c1cccc(C(=O)Nc2ccc3c(c2)OCCCO3)c1. The molecule has 1 aliphatic heterocycles. The number of carbonyl (C=O) groups excluding carboxylic acids is 1. The van der Waals surface area contributed by atoms with E-state index < -0.39 is 15.9 Å². The van der Waals surface area contributed by atoms with Crippen LogP contribution in [0.3, 0.4) is 0 Å². The molecule has 1 heterocycles. The van der Waals surface area contributed by atoms with Crippen LogP contribution in [0.2, 0.25) is 0 Å². The summed E-state index contributed by atoms with van der Waals surface area (Å²) in [6.07, 6.45) is 0.796. The smallest absolute Gasteiger partial charge is 0.255 e. The maximum Gasteiger partial charge on any atom is 0.255 e. The van der Waals surface area contributed by atoms with Gasteiger partial charge in [0.1, 0.15) is 0 Å². The highest BCUT2D eigenvalue weighted by atomic mass is 32.2. The molecular formula is C20H24N2O5S. The summed E-state index contributed by atoms with van der Waals surface area (Å²) in [7, 11) is -3.63. The Morgan fingerprint density at radius 3 is 2.46 bits per heavy atom. The summed E-state index contributed by atoms with van der Waals surface area (Å²) in [5.74, 6) is 0.821. The third kappa shape index (κ3) is 4.28. The fraction of sp³-hybridized carbons (Fsp3) is 0.350. The lowest BCUT2D eigenvalue weighted by atomic mass is 10.2. The van der Waals surface area contributed by atoms with Crippen molar-refractivity contribution in [3.63, 3.8) is 0 Å². The van der Waals surface area contributed by atoms with Crippen LogP contribution >= 0.6 is 0 Å². The van der Waals surface area contributed by atoms with E-state index in [1.54, 1.807) is 44.2 Å². The second-order valence-corrected chi connectivity index (χ2v) is 8.22. The summed E-state index contributed by atoms with van der Waals surface area (Å²) in [4.78, 5) is 12.7. The number of hydrogen-bond acceptors (Lipinski definition) is 5. The maximum atomic E-state index is 12.7. The third-order valence-corrected chi connectivity index (χ3v) is 6.49. The van der Waals surface area contributed by atoms with Crippen LogP contribution in [-0.2, 0) is 10.0 Å². The van der Waals surface area contributed by atoms with Gasteiger partial charge in [0, 0.05) is 36.8 Å². The highest BCUT2D eigenvalue weighted by Crippen LogP contribution is 2.32. The van der Waals surface area contributed by atoms with Gasteiger partial charge in [-0.25, -0.2) is 8.42 Å². The highest BCUT2D eigenvalue weighted by Gasteiger charge is 2.22. The molecular weight excluding hydrogens is 380 g/mol. The van der Waals surface area contributed by atoms with Crippen molar-refractivity contribution in [2.75, 3.05) is 31.6 Å². The lowest BCUT2D eigenvalue weighted by Crippen LogP contribution is -2.30. The molecule has 7 nitrogen and oxygen atoms in total. The highest BCUT2D eigenvalue weighted by molar-refractivity contribution is 7.89. The quantitative estimate of drug-likeness (QED) is 0.800. The fourth-order valence-electron chi connectivity index (χ4n) is 2.95. The van der Waals surface area contributed by atoms with Gasteiger partial charge in [-0.05, 0) is 30.3 Å². The van der Waals surface area contributed by atoms with Crippen LogP contribution in [0.1, 0.15) is 30.6 Å². The minimum atomic E-state index is -3.63. The molecule has 1 aliphatic rings. The van der Waals surface area contributed by atoms with Crippen molar-refractivity contribution in [2.24, 2.45) is 0 Å².